The number of carbonyl (C=O) groups excluding carboxylic acids is 2. The normalized spacial score (nSPS) is 20.1. The van der Waals surface area contributed by atoms with E-state index < -0.39 is 11.5 Å². The highest BCUT2D eigenvalue weighted by Crippen LogP contribution is 2.42. The zero-order valence-corrected chi connectivity index (χ0v) is 12.3. The Hall–Kier alpha value is -2.46. The number of carbonyl (C=O) groups is 2. The van der Waals surface area contributed by atoms with Crippen molar-refractivity contribution in [1.29, 1.82) is 0 Å². The average Bonchev–Trinajstić information content (AvgIpc) is 2.70. The quantitative estimate of drug-likeness (QED) is 0.942. The summed E-state index contributed by atoms with van der Waals surface area (Å²) in [5.74, 6) is -0.653. The maximum absolute atomic E-state index is 12.7. The molecule has 1 aliphatic heterocycles. The third kappa shape index (κ3) is 2.31. The van der Waals surface area contributed by atoms with Gasteiger partial charge >= 0.3 is 0 Å². The van der Waals surface area contributed by atoms with E-state index in [-0.39, 0.29) is 12.2 Å². The highest BCUT2D eigenvalue weighted by Gasteiger charge is 2.50. The first-order valence-corrected chi connectivity index (χ1v) is 7.19. The summed E-state index contributed by atoms with van der Waals surface area (Å²) in [7, 11) is 0. The fourth-order valence-corrected chi connectivity index (χ4v) is 2.96. The van der Waals surface area contributed by atoms with Crippen LogP contribution in [0.25, 0.3) is 0 Å². The number of hydrogen-bond donors (Lipinski definition) is 1. The Labute approximate surface area is 129 Å². The molecule has 1 aliphatic rings. The van der Waals surface area contributed by atoms with Crippen LogP contribution in [0.3, 0.4) is 0 Å². The number of aliphatic hydroxyl groups is 1. The summed E-state index contributed by atoms with van der Waals surface area (Å²) >= 11 is 0. The topological polar surface area (TPSA) is 57.6 Å². The summed E-state index contributed by atoms with van der Waals surface area (Å²) in [5, 5.41) is 10.8. The van der Waals surface area contributed by atoms with Crippen LogP contribution >= 0.6 is 0 Å². The summed E-state index contributed by atoms with van der Waals surface area (Å²) in [6.45, 7) is 1.75. The molecule has 2 aromatic rings. The van der Waals surface area contributed by atoms with Gasteiger partial charge < -0.3 is 10.0 Å². The van der Waals surface area contributed by atoms with Crippen LogP contribution in [0, 0.1) is 0 Å². The highest BCUT2D eigenvalue weighted by molar-refractivity contribution is 6.08. The molecule has 0 bridgehead atoms. The van der Waals surface area contributed by atoms with Gasteiger partial charge in [-0.15, -0.1) is 0 Å². The van der Waals surface area contributed by atoms with E-state index in [1.54, 1.807) is 23.1 Å². The van der Waals surface area contributed by atoms with Gasteiger partial charge in [-0.05, 0) is 18.6 Å². The monoisotopic (exact) mass is 295 g/mol. The molecule has 3 rings (SSSR count). The van der Waals surface area contributed by atoms with Gasteiger partial charge in [-0.3, -0.25) is 9.59 Å². The van der Waals surface area contributed by atoms with Crippen LogP contribution in [0.1, 0.15) is 24.5 Å². The SMILES string of the molecule is CC(=O)C[C@]1(O)C(=O)N(Cc2ccccc2)c2ccccc21. The van der Waals surface area contributed by atoms with Gasteiger partial charge in [0.05, 0.1) is 12.2 Å². The molecule has 0 aliphatic carbocycles. The van der Waals surface area contributed by atoms with Gasteiger partial charge in [0.25, 0.3) is 5.91 Å². The first-order valence-electron chi connectivity index (χ1n) is 7.19. The molecule has 1 heterocycles. The second kappa shape index (κ2) is 5.39. The zero-order valence-electron chi connectivity index (χ0n) is 12.3. The molecule has 0 saturated heterocycles. The molecule has 4 heteroatoms. The second-order valence-electron chi connectivity index (χ2n) is 5.63. The molecule has 0 saturated carbocycles. The lowest BCUT2D eigenvalue weighted by Crippen LogP contribution is -2.41. The van der Waals surface area contributed by atoms with Gasteiger partial charge in [-0.1, -0.05) is 48.5 Å². The molecule has 1 amide bonds. The van der Waals surface area contributed by atoms with Gasteiger partial charge in [0.1, 0.15) is 5.78 Å². The van der Waals surface area contributed by atoms with Crippen molar-refractivity contribution in [3.63, 3.8) is 0 Å². The molecule has 4 nitrogen and oxygen atoms in total. The fourth-order valence-electron chi connectivity index (χ4n) is 2.96. The van der Waals surface area contributed by atoms with Crippen molar-refractivity contribution in [2.24, 2.45) is 0 Å². The van der Waals surface area contributed by atoms with Crippen LogP contribution in [0.5, 0.6) is 0 Å². The van der Waals surface area contributed by atoms with Gasteiger partial charge in [-0.2, -0.15) is 0 Å². The first kappa shape index (κ1) is 14.5. The standard InChI is InChI=1S/C18H17NO3/c1-13(20)11-18(22)15-9-5-6-10-16(15)19(17(18)21)12-14-7-3-2-4-8-14/h2-10,22H,11-12H2,1H3/t18-/m1/s1. The smallest absolute Gasteiger partial charge is 0.264 e. The van der Waals surface area contributed by atoms with Crippen molar-refractivity contribution in [3.8, 4) is 0 Å². The predicted octanol–water partition coefficient (Wildman–Crippen LogP) is 2.40. The Balaban J connectivity index is 2.02. The Morgan fingerprint density at radius 1 is 1.09 bits per heavy atom. The number of fused-ring (bicyclic) bond motifs is 1. The van der Waals surface area contributed by atoms with E-state index in [9.17, 15) is 14.7 Å². The van der Waals surface area contributed by atoms with Crippen LogP contribution in [0.2, 0.25) is 0 Å². The van der Waals surface area contributed by atoms with Crippen molar-refractivity contribution >= 4 is 17.4 Å². The van der Waals surface area contributed by atoms with Crippen LogP contribution in [-0.4, -0.2) is 16.8 Å². The van der Waals surface area contributed by atoms with E-state index in [2.05, 4.69) is 0 Å². The molecule has 22 heavy (non-hydrogen) atoms. The molecule has 1 atom stereocenters. The van der Waals surface area contributed by atoms with Gasteiger partial charge in [0.2, 0.25) is 0 Å². The fraction of sp³-hybridized carbons (Fsp3) is 0.222. The number of amides is 1. The number of anilines is 1. The molecule has 112 valence electrons. The number of nitrogens with zero attached hydrogens (tertiary/aromatic N) is 1. The minimum atomic E-state index is -1.75. The maximum atomic E-state index is 12.7. The molecule has 1 N–H and O–H groups in total. The van der Waals surface area contributed by atoms with Gasteiger partial charge in [0, 0.05) is 12.0 Å². The van der Waals surface area contributed by atoms with E-state index in [1.807, 2.05) is 36.4 Å². The average molecular weight is 295 g/mol. The van der Waals surface area contributed by atoms with Crippen molar-refractivity contribution in [1.82, 2.24) is 0 Å². The summed E-state index contributed by atoms with van der Waals surface area (Å²) in [6.07, 6.45) is -0.200. The second-order valence-corrected chi connectivity index (χ2v) is 5.63. The first-order chi connectivity index (χ1) is 10.5. The van der Waals surface area contributed by atoms with Gasteiger partial charge in [0.15, 0.2) is 5.60 Å². The van der Waals surface area contributed by atoms with Crippen LogP contribution in [-0.2, 0) is 21.7 Å². The van der Waals surface area contributed by atoms with Gasteiger partial charge in [-0.25, -0.2) is 0 Å². The third-order valence-electron chi connectivity index (χ3n) is 3.93. The number of benzene rings is 2. The zero-order chi connectivity index (χ0) is 15.7. The summed E-state index contributed by atoms with van der Waals surface area (Å²) in [6, 6.07) is 16.7. The molecule has 0 unspecified atom stereocenters. The van der Waals surface area contributed by atoms with Crippen molar-refractivity contribution in [3.05, 3.63) is 65.7 Å². The summed E-state index contributed by atoms with van der Waals surface area (Å²) in [4.78, 5) is 25.8. The van der Waals surface area contributed by atoms with Crippen LogP contribution in [0.15, 0.2) is 54.6 Å². The highest BCUT2D eigenvalue weighted by atomic mass is 16.3. The van der Waals surface area contributed by atoms with Crippen molar-refractivity contribution < 1.29 is 14.7 Å². The number of hydrogen-bond acceptors (Lipinski definition) is 3. The lowest BCUT2D eigenvalue weighted by Gasteiger charge is -2.22. The van der Waals surface area contributed by atoms with E-state index in [1.165, 1.54) is 6.92 Å². The molecule has 0 fully saturated rings. The van der Waals surface area contributed by atoms with Crippen molar-refractivity contribution in [2.75, 3.05) is 4.90 Å². The number of rotatable bonds is 4. The summed E-state index contributed by atoms with van der Waals surface area (Å²) < 4.78 is 0. The van der Waals surface area contributed by atoms with Crippen molar-refractivity contribution in [2.45, 2.75) is 25.5 Å². The van der Waals surface area contributed by atoms with Crippen LogP contribution < -0.4 is 4.90 Å². The maximum Gasteiger partial charge on any atom is 0.264 e. The van der Waals surface area contributed by atoms with E-state index >= 15 is 0 Å². The molecule has 0 spiro atoms. The number of para-hydroxylation sites is 1. The largest absolute Gasteiger partial charge is 0.375 e. The molecule has 0 radical (unpaired) electrons. The lowest BCUT2D eigenvalue weighted by atomic mass is 9.90. The lowest BCUT2D eigenvalue weighted by molar-refractivity contribution is -0.141. The van der Waals surface area contributed by atoms with E-state index in [4.69, 9.17) is 0 Å². The Kier molecular flexibility index (Phi) is 3.54. The van der Waals surface area contributed by atoms with Crippen LogP contribution in [0.4, 0.5) is 5.69 Å². The predicted molar refractivity (Wildman–Crippen MR) is 83.3 cm³/mol. The Morgan fingerprint density at radius 2 is 1.73 bits per heavy atom. The molecule has 2 aromatic carbocycles. The number of Topliss-reactive ketones (excluding diaryl/α,β-unsaturated/α-hetero) is 1. The van der Waals surface area contributed by atoms with E-state index in [0.29, 0.717) is 17.8 Å². The minimum absolute atomic E-state index is 0.200. The molecular formula is C18H17NO3. The Bertz CT molecular complexity index is 726. The molecule has 0 aromatic heterocycles. The van der Waals surface area contributed by atoms with E-state index in [0.717, 1.165) is 5.56 Å². The third-order valence-corrected chi connectivity index (χ3v) is 3.93. The minimum Gasteiger partial charge on any atom is -0.375 e. The Morgan fingerprint density at radius 3 is 2.41 bits per heavy atom. The number of ketones is 1. The molecular weight excluding hydrogens is 278 g/mol. The summed E-state index contributed by atoms with van der Waals surface area (Å²) in [5.41, 5.74) is 0.390.